The third kappa shape index (κ3) is 3.84. The average molecular weight is 370 g/mol. The van der Waals surface area contributed by atoms with Crippen LogP contribution in [0.2, 0.25) is 0 Å². The number of unbranched alkanes of at least 4 members (excludes halogenated alkanes) is 3. The fourth-order valence-electron chi connectivity index (χ4n) is 3.80. The first-order chi connectivity index (χ1) is 13.8. The maximum atomic E-state index is 12.7. The van der Waals surface area contributed by atoms with Crippen molar-refractivity contribution >= 4 is 21.8 Å². The SMILES string of the molecule is CCCCCCc1ccc2ccc3ccc(=O)n(Cc4ccccc4)c3c2n1. The summed E-state index contributed by atoms with van der Waals surface area (Å²) in [6, 6.07) is 22.2. The lowest BCUT2D eigenvalue weighted by atomic mass is 10.1. The first-order valence-electron chi connectivity index (χ1n) is 10.2. The molecule has 0 saturated heterocycles. The van der Waals surface area contributed by atoms with Gasteiger partial charge >= 0.3 is 0 Å². The number of nitrogens with zero attached hydrogens (tertiary/aromatic N) is 2. The van der Waals surface area contributed by atoms with E-state index in [1.165, 1.54) is 19.3 Å². The molecule has 0 spiro atoms. The van der Waals surface area contributed by atoms with Crippen LogP contribution in [0, 0.1) is 0 Å². The van der Waals surface area contributed by atoms with E-state index in [1.807, 2.05) is 28.8 Å². The summed E-state index contributed by atoms with van der Waals surface area (Å²) in [4.78, 5) is 17.7. The van der Waals surface area contributed by atoms with Crippen LogP contribution in [-0.2, 0) is 13.0 Å². The Hall–Kier alpha value is -2.94. The Morgan fingerprint density at radius 3 is 2.39 bits per heavy atom. The molecule has 0 amide bonds. The number of benzene rings is 2. The summed E-state index contributed by atoms with van der Waals surface area (Å²) in [5, 5.41) is 2.14. The third-order valence-electron chi connectivity index (χ3n) is 5.34. The van der Waals surface area contributed by atoms with E-state index in [1.54, 1.807) is 6.07 Å². The zero-order valence-corrected chi connectivity index (χ0v) is 16.4. The van der Waals surface area contributed by atoms with E-state index in [0.717, 1.165) is 45.9 Å². The highest BCUT2D eigenvalue weighted by Gasteiger charge is 2.10. The first-order valence-corrected chi connectivity index (χ1v) is 10.2. The predicted octanol–water partition coefficient (Wildman–Crippen LogP) is 5.72. The standard InChI is InChI=1S/C25H26N2O/c1-2-3-4-8-11-22-16-14-20-12-13-21-15-17-23(28)27(25(21)24(20)26-22)18-19-9-6-5-7-10-19/h5-7,9-10,12-17H,2-4,8,11,18H2,1H3. The van der Waals surface area contributed by atoms with E-state index in [2.05, 4.69) is 43.3 Å². The van der Waals surface area contributed by atoms with Crippen molar-refractivity contribution in [2.45, 2.75) is 45.6 Å². The molecule has 0 unspecified atom stereocenters. The highest BCUT2D eigenvalue weighted by molar-refractivity contribution is 6.03. The fourth-order valence-corrected chi connectivity index (χ4v) is 3.80. The zero-order valence-electron chi connectivity index (χ0n) is 16.4. The molecule has 0 aliphatic rings. The summed E-state index contributed by atoms with van der Waals surface area (Å²) in [5.41, 5.74) is 4.10. The molecular weight excluding hydrogens is 344 g/mol. The van der Waals surface area contributed by atoms with Gasteiger partial charge in [0, 0.05) is 22.5 Å². The molecule has 4 rings (SSSR count). The highest BCUT2D eigenvalue weighted by atomic mass is 16.1. The lowest BCUT2D eigenvalue weighted by molar-refractivity contribution is 0.661. The quantitative estimate of drug-likeness (QED) is 0.308. The van der Waals surface area contributed by atoms with E-state index in [0.29, 0.717) is 6.54 Å². The summed E-state index contributed by atoms with van der Waals surface area (Å²) in [6.07, 6.45) is 5.90. The van der Waals surface area contributed by atoms with Crippen molar-refractivity contribution in [2.75, 3.05) is 0 Å². The van der Waals surface area contributed by atoms with Gasteiger partial charge in [-0.1, -0.05) is 74.7 Å². The molecule has 2 aromatic heterocycles. The fraction of sp³-hybridized carbons (Fsp3) is 0.280. The number of pyridine rings is 2. The maximum Gasteiger partial charge on any atom is 0.251 e. The van der Waals surface area contributed by atoms with Crippen LogP contribution in [0.4, 0.5) is 0 Å². The molecule has 28 heavy (non-hydrogen) atoms. The Morgan fingerprint density at radius 1 is 0.821 bits per heavy atom. The summed E-state index contributed by atoms with van der Waals surface area (Å²) >= 11 is 0. The Morgan fingerprint density at radius 2 is 1.57 bits per heavy atom. The monoisotopic (exact) mass is 370 g/mol. The zero-order chi connectivity index (χ0) is 19.3. The van der Waals surface area contributed by atoms with Gasteiger partial charge in [0.05, 0.1) is 17.6 Å². The molecule has 4 aromatic rings. The number of hydrogen-bond donors (Lipinski definition) is 0. The molecule has 0 aliphatic carbocycles. The summed E-state index contributed by atoms with van der Waals surface area (Å²) in [7, 11) is 0. The number of aryl methyl sites for hydroxylation is 1. The van der Waals surface area contributed by atoms with Gasteiger partial charge in [-0.05, 0) is 30.5 Å². The van der Waals surface area contributed by atoms with Crippen molar-refractivity contribution in [2.24, 2.45) is 0 Å². The lowest BCUT2D eigenvalue weighted by Gasteiger charge is -2.13. The number of fused-ring (bicyclic) bond motifs is 3. The molecule has 0 atom stereocenters. The van der Waals surface area contributed by atoms with Gasteiger partial charge in [-0.25, -0.2) is 0 Å². The van der Waals surface area contributed by atoms with Crippen molar-refractivity contribution in [3.8, 4) is 0 Å². The van der Waals surface area contributed by atoms with Crippen LogP contribution in [0.3, 0.4) is 0 Å². The molecule has 0 saturated carbocycles. The van der Waals surface area contributed by atoms with Crippen molar-refractivity contribution in [1.29, 1.82) is 0 Å². The molecule has 0 bridgehead atoms. The van der Waals surface area contributed by atoms with E-state index in [4.69, 9.17) is 4.98 Å². The Kier molecular flexibility index (Phi) is 5.52. The average Bonchev–Trinajstić information content (AvgIpc) is 2.73. The smallest absolute Gasteiger partial charge is 0.251 e. The lowest BCUT2D eigenvalue weighted by Crippen LogP contribution is -2.20. The molecule has 0 radical (unpaired) electrons. The minimum absolute atomic E-state index is 0.0130. The summed E-state index contributed by atoms with van der Waals surface area (Å²) < 4.78 is 1.86. The van der Waals surface area contributed by atoms with E-state index in [-0.39, 0.29) is 5.56 Å². The van der Waals surface area contributed by atoms with Gasteiger partial charge in [0.2, 0.25) is 0 Å². The second kappa shape index (κ2) is 8.39. The molecule has 3 heteroatoms. The minimum atomic E-state index is 0.0130. The van der Waals surface area contributed by atoms with Gasteiger partial charge in [0.15, 0.2) is 0 Å². The Bertz CT molecular complexity index is 1150. The number of hydrogen-bond acceptors (Lipinski definition) is 2. The van der Waals surface area contributed by atoms with E-state index >= 15 is 0 Å². The Balaban J connectivity index is 1.82. The van der Waals surface area contributed by atoms with Crippen LogP contribution < -0.4 is 5.56 Å². The van der Waals surface area contributed by atoms with Crippen LogP contribution in [0.5, 0.6) is 0 Å². The molecule has 3 nitrogen and oxygen atoms in total. The van der Waals surface area contributed by atoms with Gasteiger partial charge < -0.3 is 4.57 Å². The second-order valence-corrected chi connectivity index (χ2v) is 7.43. The van der Waals surface area contributed by atoms with Crippen molar-refractivity contribution in [3.05, 3.63) is 88.3 Å². The van der Waals surface area contributed by atoms with E-state index in [9.17, 15) is 4.79 Å². The van der Waals surface area contributed by atoms with Crippen molar-refractivity contribution in [3.63, 3.8) is 0 Å². The van der Waals surface area contributed by atoms with Gasteiger partial charge in [-0.3, -0.25) is 9.78 Å². The number of rotatable bonds is 7. The largest absolute Gasteiger partial charge is 0.302 e. The van der Waals surface area contributed by atoms with Crippen molar-refractivity contribution < 1.29 is 0 Å². The first kappa shape index (κ1) is 18.4. The summed E-state index contributed by atoms with van der Waals surface area (Å²) in [6.45, 7) is 2.78. The second-order valence-electron chi connectivity index (χ2n) is 7.43. The van der Waals surface area contributed by atoms with Crippen LogP contribution in [0.1, 0.15) is 43.9 Å². The molecule has 142 valence electrons. The van der Waals surface area contributed by atoms with Crippen LogP contribution >= 0.6 is 0 Å². The molecule has 0 N–H and O–H groups in total. The molecule has 0 aliphatic heterocycles. The topological polar surface area (TPSA) is 34.9 Å². The third-order valence-corrected chi connectivity index (χ3v) is 5.34. The molecule has 2 aromatic carbocycles. The van der Waals surface area contributed by atoms with Crippen LogP contribution in [0.25, 0.3) is 21.8 Å². The normalized spacial score (nSPS) is 11.3. The van der Waals surface area contributed by atoms with Gasteiger partial charge in [-0.2, -0.15) is 0 Å². The minimum Gasteiger partial charge on any atom is -0.302 e. The highest BCUT2D eigenvalue weighted by Crippen LogP contribution is 2.24. The summed E-state index contributed by atoms with van der Waals surface area (Å²) in [5.74, 6) is 0. The van der Waals surface area contributed by atoms with Crippen molar-refractivity contribution in [1.82, 2.24) is 9.55 Å². The van der Waals surface area contributed by atoms with Gasteiger partial charge in [-0.15, -0.1) is 0 Å². The maximum absolute atomic E-state index is 12.7. The van der Waals surface area contributed by atoms with Crippen LogP contribution in [0.15, 0.2) is 71.5 Å². The van der Waals surface area contributed by atoms with Crippen LogP contribution in [-0.4, -0.2) is 9.55 Å². The molecule has 2 heterocycles. The Labute approximate surface area is 165 Å². The van der Waals surface area contributed by atoms with Gasteiger partial charge in [0.1, 0.15) is 0 Å². The number of aromatic nitrogens is 2. The van der Waals surface area contributed by atoms with E-state index < -0.39 is 0 Å². The molecule has 0 fully saturated rings. The predicted molar refractivity (Wildman–Crippen MR) is 117 cm³/mol. The van der Waals surface area contributed by atoms with Gasteiger partial charge in [0.25, 0.3) is 5.56 Å². The molecular formula is C25H26N2O.